The Bertz CT molecular complexity index is 985. The molecule has 0 N–H and O–H groups in total. The molecule has 0 unspecified atom stereocenters. The summed E-state index contributed by atoms with van der Waals surface area (Å²) in [6, 6.07) is 18.7. The Labute approximate surface area is 134 Å². The molecule has 0 aliphatic rings. The smallest absolute Gasteiger partial charge is 0.0681 e. The maximum atomic E-state index is 6.12. The van der Waals surface area contributed by atoms with Crippen molar-refractivity contribution in [3.05, 3.63) is 77.1 Å². The van der Waals surface area contributed by atoms with Gasteiger partial charge in [0.25, 0.3) is 0 Å². The van der Waals surface area contributed by atoms with Crippen LogP contribution in [0.1, 0.15) is 11.3 Å². The molecule has 0 spiro atoms. The lowest BCUT2D eigenvalue weighted by Gasteiger charge is -2.08. The highest BCUT2D eigenvalue weighted by Gasteiger charge is 2.11. The number of pyridine rings is 1. The maximum Gasteiger partial charge on any atom is 0.0681 e. The van der Waals surface area contributed by atoms with Gasteiger partial charge in [-0.2, -0.15) is 0 Å². The van der Waals surface area contributed by atoms with E-state index in [0.717, 1.165) is 22.8 Å². The second-order valence-electron chi connectivity index (χ2n) is 5.58. The van der Waals surface area contributed by atoms with E-state index in [2.05, 4.69) is 45.9 Å². The van der Waals surface area contributed by atoms with E-state index >= 15 is 0 Å². The van der Waals surface area contributed by atoms with Crippen LogP contribution in [0, 0.1) is 6.92 Å². The molecule has 3 heteroatoms. The molecule has 2 heterocycles. The normalized spacial score (nSPS) is 11.4. The zero-order valence-corrected chi connectivity index (χ0v) is 13.0. The van der Waals surface area contributed by atoms with Gasteiger partial charge in [-0.3, -0.25) is 4.98 Å². The molecule has 108 valence electrons. The fourth-order valence-corrected chi connectivity index (χ4v) is 3.25. The van der Waals surface area contributed by atoms with Crippen LogP contribution in [0.25, 0.3) is 21.8 Å². The SMILES string of the molecule is Cc1cc2c3ccccc3n(Cc3cccc(Cl)c3)c2cn1. The lowest BCUT2D eigenvalue weighted by atomic mass is 10.2. The molecule has 0 aliphatic heterocycles. The number of halogens is 1. The van der Waals surface area contributed by atoms with Crippen molar-refractivity contribution in [2.75, 3.05) is 0 Å². The summed E-state index contributed by atoms with van der Waals surface area (Å²) in [5, 5.41) is 3.29. The quantitative estimate of drug-likeness (QED) is 0.498. The average Bonchev–Trinajstić information content (AvgIpc) is 2.81. The summed E-state index contributed by atoms with van der Waals surface area (Å²) in [5.74, 6) is 0. The van der Waals surface area contributed by atoms with Crippen molar-refractivity contribution in [1.82, 2.24) is 9.55 Å². The number of rotatable bonds is 2. The predicted molar refractivity (Wildman–Crippen MR) is 92.5 cm³/mol. The molecule has 0 radical (unpaired) electrons. The van der Waals surface area contributed by atoms with Crippen LogP contribution in [0.2, 0.25) is 5.02 Å². The van der Waals surface area contributed by atoms with Gasteiger partial charge in [0.2, 0.25) is 0 Å². The lowest BCUT2D eigenvalue weighted by molar-refractivity contribution is 0.866. The molecule has 0 bridgehead atoms. The van der Waals surface area contributed by atoms with E-state index in [1.54, 1.807) is 0 Å². The Hall–Kier alpha value is -2.32. The molecule has 0 fully saturated rings. The van der Waals surface area contributed by atoms with Crippen LogP contribution in [0.15, 0.2) is 60.8 Å². The number of nitrogens with zero attached hydrogens (tertiary/aromatic N) is 2. The summed E-state index contributed by atoms with van der Waals surface area (Å²) in [6.07, 6.45) is 1.97. The van der Waals surface area contributed by atoms with Crippen molar-refractivity contribution < 1.29 is 0 Å². The van der Waals surface area contributed by atoms with Crippen LogP contribution in [0.3, 0.4) is 0 Å². The highest BCUT2D eigenvalue weighted by Crippen LogP contribution is 2.29. The van der Waals surface area contributed by atoms with Crippen LogP contribution in [-0.4, -0.2) is 9.55 Å². The molecule has 2 aromatic heterocycles. The number of aromatic nitrogens is 2. The molecule has 0 amide bonds. The van der Waals surface area contributed by atoms with Crippen molar-refractivity contribution in [2.45, 2.75) is 13.5 Å². The highest BCUT2D eigenvalue weighted by atomic mass is 35.5. The Morgan fingerprint density at radius 1 is 0.955 bits per heavy atom. The van der Waals surface area contributed by atoms with Gasteiger partial charge in [-0.25, -0.2) is 0 Å². The topological polar surface area (TPSA) is 17.8 Å². The molecule has 4 aromatic rings. The fraction of sp³-hybridized carbons (Fsp3) is 0.105. The summed E-state index contributed by atoms with van der Waals surface area (Å²) in [5.41, 5.74) is 4.62. The molecule has 0 saturated carbocycles. The molecule has 0 aliphatic carbocycles. The first-order valence-corrected chi connectivity index (χ1v) is 7.68. The molecule has 4 rings (SSSR count). The Balaban J connectivity index is 1.98. The molecule has 22 heavy (non-hydrogen) atoms. The minimum Gasteiger partial charge on any atom is -0.335 e. The molecular formula is C19H15ClN2. The first kappa shape index (κ1) is 13.4. The molecule has 2 aromatic carbocycles. The van der Waals surface area contributed by atoms with E-state index in [-0.39, 0.29) is 0 Å². The second kappa shape index (κ2) is 5.15. The summed E-state index contributed by atoms with van der Waals surface area (Å²) in [7, 11) is 0. The Morgan fingerprint density at radius 3 is 2.68 bits per heavy atom. The van der Waals surface area contributed by atoms with Crippen molar-refractivity contribution in [2.24, 2.45) is 0 Å². The predicted octanol–water partition coefficient (Wildman–Crippen LogP) is 5.20. The van der Waals surface area contributed by atoms with E-state index in [0.29, 0.717) is 0 Å². The number of hydrogen-bond donors (Lipinski definition) is 0. The van der Waals surface area contributed by atoms with Crippen LogP contribution in [0.5, 0.6) is 0 Å². The largest absolute Gasteiger partial charge is 0.335 e. The number of benzene rings is 2. The number of aryl methyl sites for hydroxylation is 1. The van der Waals surface area contributed by atoms with Gasteiger partial charge < -0.3 is 4.57 Å². The summed E-state index contributed by atoms with van der Waals surface area (Å²) < 4.78 is 2.31. The third kappa shape index (κ3) is 2.16. The van der Waals surface area contributed by atoms with Crippen LogP contribution in [-0.2, 0) is 6.54 Å². The lowest BCUT2D eigenvalue weighted by Crippen LogP contribution is -1.99. The van der Waals surface area contributed by atoms with E-state index in [1.807, 2.05) is 31.3 Å². The third-order valence-corrected chi connectivity index (χ3v) is 4.26. The minimum absolute atomic E-state index is 0.771. The van der Waals surface area contributed by atoms with Crippen LogP contribution in [0.4, 0.5) is 0 Å². The van der Waals surface area contributed by atoms with Gasteiger partial charge >= 0.3 is 0 Å². The zero-order valence-electron chi connectivity index (χ0n) is 12.3. The minimum atomic E-state index is 0.771. The standard InChI is InChI=1S/C19H15ClN2/c1-13-9-17-16-7-2-3-8-18(16)22(19(17)11-21-13)12-14-5-4-6-15(20)10-14/h2-11H,12H2,1H3. The Morgan fingerprint density at radius 2 is 1.82 bits per heavy atom. The zero-order chi connectivity index (χ0) is 15.1. The number of hydrogen-bond acceptors (Lipinski definition) is 1. The van der Waals surface area contributed by atoms with Gasteiger partial charge in [0.15, 0.2) is 0 Å². The van der Waals surface area contributed by atoms with Crippen LogP contribution >= 0.6 is 11.6 Å². The van der Waals surface area contributed by atoms with Gasteiger partial charge in [-0.15, -0.1) is 0 Å². The maximum absolute atomic E-state index is 6.12. The van der Waals surface area contributed by atoms with Crippen molar-refractivity contribution >= 4 is 33.4 Å². The molecule has 0 atom stereocenters. The molecular weight excluding hydrogens is 292 g/mol. The Kier molecular flexibility index (Phi) is 3.12. The average molecular weight is 307 g/mol. The monoisotopic (exact) mass is 306 g/mol. The first-order chi connectivity index (χ1) is 10.7. The number of para-hydroxylation sites is 1. The summed E-state index contributed by atoms with van der Waals surface area (Å²) in [6.45, 7) is 2.82. The summed E-state index contributed by atoms with van der Waals surface area (Å²) >= 11 is 6.12. The van der Waals surface area contributed by atoms with E-state index in [4.69, 9.17) is 11.6 Å². The van der Waals surface area contributed by atoms with Crippen molar-refractivity contribution in [3.8, 4) is 0 Å². The molecule has 0 saturated heterocycles. The van der Waals surface area contributed by atoms with Gasteiger partial charge in [0, 0.05) is 33.6 Å². The molecule has 2 nitrogen and oxygen atoms in total. The second-order valence-corrected chi connectivity index (χ2v) is 6.01. The number of fused-ring (bicyclic) bond motifs is 3. The third-order valence-electron chi connectivity index (χ3n) is 4.03. The van der Waals surface area contributed by atoms with E-state index < -0.39 is 0 Å². The van der Waals surface area contributed by atoms with E-state index in [9.17, 15) is 0 Å². The summed E-state index contributed by atoms with van der Waals surface area (Å²) in [4.78, 5) is 4.48. The van der Waals surface area contributed by atoms with Gasteiger partial charge in [0.05, 0.1) is 11.7 Å². The van der Waals surface area contributed by atoms with Crippen LogP contribution < -0.4 is 0 Å². The van der Waals surface area contributed by atoms with Crippen molar-refractivity contribution in [1.29, 1.82) is 0 Å². The fourth-order valence-electron chi connectivity index (χ4n) is 3.04. The van der Waals surface area contributed by atoms with Gasteiger partial charge in [0.1, 0.15) is 0 Å². The highest BCUT2D eigenvalue weighted by molar-refractivity contribution is 6.30. The van der Waals surface area contributed by atoms with Gasteiger partial charge in [-0.05, 0) is 36.8 Å². The van der Waals surface area contributed by atoms with E-state index in [1.165, 1.54) is 21.9 Å². The van der Waals surface area contributed by atoms with Crippen molar-refractivity contribution in [3.63, 3.8) is 0 Å². The van der Waals surface area contributed by atoms with Gasteiger partial charge in [-0.1, -0.05) is 41.9 Å². The first-order valence-electron chi connectivity index (χ1n) is 7.30.